The zero-order chi connectivity index (χ0) is 13.9. The molecule has 19 heavy (non-hydrogen) atoms. The lowest BCUT2D eigenvalue weighted by Gasteiger charge is -2.26. The lowest BCUT2D eigenvalue weighted by atomic mass is 9.86. The second-order valence-electron chi connectivity index (χ2n) is 6.24. The molecule has 2 heteroatoms. The zero-order valence-corrected chi connectivity index (χ0v) is 12.5. The highest BCUT2D eigenvalue weighted by atomic mass is 16.5. The Kier molecular flexibility index (Phi) is 4.64. The van der Waals surface area contributed by atoms with Gasteiger partial charge >= 0.3 is 0 Å². The third kappa shape index (κ3) is 3.80. The van der Waals surface area contributed by atoms with Crippen LogP contribution in [0.2, 0.25) is 0 Å². The van der Waals surface area contributed by atoms with Gasteiger partial charge in [-0.05, 0) is 69.6 Å². The lowest BCUT2D eigenvalue weighted by molar-refractivity contribution is 0.100. The summed E-state index contributed by atoms with van der Waals surface area (Å²) < 4.78 is 5.67. The molecule has 0 amide bonds. The van der Waals surface area contributed by atoms with E-state index in [2.05, 4.69) is 39.0 Å². The van der Waals surface area contributed by atoms with Crippen molar-refractivity contribution < 1.29 is 4.74 Å². The topological polar surface area (TPSA) is 35.2 Å². The van der Waals surface area contributed by atoms with Crippen LogP contribution in [0.1, 0.15) is 55.7 Å². The van der Waals surface area contributed by atoms with Crippen LogP contribution in [0.25, 0.3) is 0 Å². The molecule has 0 radical (unpaired) electrons. The molecule has 106 valence electrons. The summed E-state index contributed by atoms with van der Waals surface area (Å²) in [6.07, 6.45) is 6.25. The van der Waals surface area contributed by atoms with Gasteiger partial charge in [0.15, 0.2) is 0 Å². The molecule has 0 spiro atoms. The summed E-state index contributed by atoms with van der Waals surface area (Å²) in [5.74, 6) is 0. The summed E-state index contributed by atoms with van der Waals surface area (Å²) in [4.78, 5) is 0. The van der Waals surface area contributed by atoms with Crippen LogP contribution >= 0.6 is 0 Å². The molecule has 2 rings (SSSR count). The molecule has 1 aromatic carbocycles. The Hall–Kier alpha value is -0.860. The molecule has 2 unspecified atom stereocenters. The molecular weight excluding hydrogens is 234 g/mol. The maximum Gasteiger partial charge on any atom is 0.0576 e. The number of ether oxygens (including phenoxy) is 1. The van der Waals surface area contributed by atoms with Gasteiger partial charge in [-0.3, -0.25) is 0 Å². The van der Waals surface area contributed by atoms with Crippen molar-refractivity contribution in [2.45, 2.75) is 64.5 Å². The SMILES string of the molecule is Cc1ccc(C(C)(N)CCCC2CCCO2)cc1C. The van der Waals surface area contributed by atoms with Crippen LogP contribution in [0.5, 0.6) is 0 Å². The van der Waals surface area contributed by atoms with Gasteiger partial charge in [0, 0.05) is 12.1 Å². The lowest BCUT2D eigenvalue weighted by Crippen LogP contribution is -2.33. The summed E-state index contributed by atoms with van der Waals surface area (Å²) in [7, 11) is 0. The summed E-state index contributed by atoms with van der Waals surface area (Å²) in [6.45, 7) is 7.39. The Labute approximate surface area is 117 Å². The molecule has 1 aliphatic heterocycles. The molecule has 2 N–H and O–H groups in total. The van der Waals surface area contributed by atoms with Gasteiger partial charge in [0.25, 0.3) is 0 Å². The fraction of sp³-hybridized carbons (Fsp3) is 0.647. The van der Waals surface area contributed by atoms with Crippen molar-refractivity contribution in [2.75, 3.05) is 6.61 Å². The van der Waals surface area contributed by atoms with Gasteiger partial charge in [0.2, 0.25) is 0 Å². The number of rotatable bonds is 5. The van der Waals surface area contributed by atoms with E-state index in [-0.39, 0.29) is 5.54 Å². The Balaban J connectivity index is 1.90. The molecule has 0 aliphatic carbocycles. The Morgan fingerprint density at radius 2 is 2.11 bits per heavy atom. The predicted molar refractivity (Wildman–Crippen MR) is 80.3 cm³/mol. The van der Waals surface area contributed by atoms with E-state index in [0.717, 1.165) is 25.9 Å². The first kappa shape index (κ1) is 14.5. The third-order valence-electron chi connectivity index (χ3n) is 4.41. The van der Waals surface area contributed by atoms with Crippen molar-refractivity contribution in [2.24, 2.45) is 5.73 Å². The average Bonchev–Trinajstić information content (AvgIpc) is 2.85. The average molecular weight is 261 g/mol. The smallest absolute Gasteiger partial charge is 0.0576 e. The van der Waals surface area contributed by atoms with E-state index in [0.29, 0.717) is 6.10 Å². The Bertz CT molecular complexity index is 419. The molecular formula is C17H27NO. The van der Waals surface area contributed by atoms with Gasteiger partial charge < -0.3 is 10.5 Å². The largest absolute Gasteiger partial charge is 0.378 e. The Morgan fingerprint density at radius 1 is 1.32 bits per heavy atom. The van der Waals surface area contributed by atoms with Crippen molar-refractivity contribution >= 4 is 0 Å². The second-order valence-corrected chi connectivity index (χ2v) is 6.24. The molecule has 0 saturated carbocycles. The number of hydrogen-bond acceptors (Lipinski definition) is 2. The first-order valence-electron chi connectivity index (χ1n) is 7.47. The molecule has 0 bridgehead atoms. The van der Waals surface area contributed by atoms with E-state index in [1.807, 2.05) is 0 Å². The predicted octanol–water partition coefficient (Wildman–Crippen LogP) is 3.83. The third-order valence-corrected chi connectivity index (χ3v) is 4.41. The monoisotopic (exact) mass is 261 g/mol. The number of nitrogens with two attached hydrogens (primary N) is 1. The van der Waals surface area contributed by atoms with Crippen LogP contribution in [-0.2, 0) is 10.3 Å². The molecule has 1 aromatic rings. The highest BCUT2D eigenvalue weighted by Gasteiger charge is 2.22. The second kappa shape index (κ2) is 6.06. The summed E-state index contributed by atoms with van der Waals surface area (Å²) in [5.41, 5.74) is 10.2. The minimum Gasteiger partial charge on any atom is -0.378 e. The molecule has 2 nitrogen and oxygen atoms in total. The maximum absolute atomic E-state index is 6.50. The maximum atomic E-state index is 6.50. The van der Waals surface area contributed by atoms with E-state index in [1.54, 1.807) is 0 Å². The summed E-state index contributed by atoms with van der Waals surface area (Å²) >= 11 is 0. The van der Waals surface area contributed by atoms with Crippen molar-refractivity contribution in [1.82, 2.24) is 0 Å². The molecule has 0 aromatic heterocycles. The highest BCUT2D eigenvalue weighted by Crippen LogP contribution is 2.27. The minimum atomic E-state index is -0.225. The van der Waals surface area contributed by atoms with Crippen molar-refractivity contribution in [3.63, 3.8) is 0 Å². The van der Waals surface area contributed by atoms with Gasteiger partial charge in [0.05, 0.1) is 6.10 Å². The van der Waals surface area contributed by atoms with Crippen molar-refractivity contribution in [3.8, 4) is 0 Å². The van der Waals surface area contributed by atoms with Crippen LogP contribution in [0.3, 0.4) is 0 Å². The first-order chi connectivity index (χ1) is 8.99. The fourth-order valence-electron chi connectivity index (χ4n) is 2.81. The zero-order valence-electron chi connectivity index (χ0n) is 12.5. The molecule has 1 saturated heterocycles. The number of benzene rings is 1. The van der Waals surface area contributed by atoms with Crippen LogP contribution < -0.4 is 5.73 Å². The quantitative estimate of drug-likeness (QED) is 0.874. The van der Waals surface area contributed by atoms with E-state index in [1.165, 1.54) is 29.5 Å². The van der Waals surface area contributed by atoms with Crippen LogP contribution in [0, 0.1) is 13.8 Å². The van der Waals surface area contributed by atoms with Gasteiger partial charge in [-0.25, -0.2) is 0 Å². The molecule has 1 aliphatic rings. The highest BCUT2D eigenvalue weighted by molar-refractivity contribution is 5.33. The van der Waals surface area contributed by atoms with Crippen LogP contribution in [-0.4, -0.2) is 12.7 Å². The summed E-state index contributed by atoms with van der Waals surface area (Å²) in [6, 6.07) is 6.59. The minimum absolute atomic E-state index is 0.225. The number of hydrogen-bond donors (Lipinski definition) is 1. The standard InChI is InChI=1S/C17H27NO/c1-13-8-9-15(12-14(13)2)17(3,18)10-4-6-16-7-5-11-19-16/h8-9,12,16H,4-7,10-11,18H2,1-3H3. The van der Waals surface area contributed by atoms with Crippen LogP contribution in [0.4, 0.5) is 0 Å². The molecule has 1 fully saturated rings. The first-order valence-corrected chi connectivity index (χ1v) is 7.47. The van der Waals surface area contributed by atoms with Crippen molar-refractivity contribution in [1.29, 1.82) is 0 Å². The fourth-order valence-corrected chi connectivity index (χ4v) is 2.81. The van der Waals surface area contributed by atoms with Crippen LogP contribution in [0.15, 0.2) is 18.2 Å². The van der Waals surface area contributed by atoms with E-state index in [9.17, 15) is 0 Å². The van der Waals surface area contributed by atoms with E-state index >= 15 is 0 Å². The van der Waals surface area contributed by atoms with E-state index < -0.39 is 0 Å². The van der Waals surface area contributed by atoms with Crippen molar-refractivity contribution in [3.05, 3.63) is 34.9 Å². The number of aryl methyl sites for hydroxylation is 2. The van der Waals surface area contributed by atoms with Gasteiger partial charge in [0.1, 0.15) is 0 Å². The van der Waals surface area contributed by atoms with Gasteiger partial charge in [-0.1, -0.05) is 18.2 Å². The molecule has 1 heterocycles. The normalized spacial score (nSPS) is 22.4. The van der Waals surface area contributed by atoms with Gasteiger partial charge in [-0.2, -0.15) is 0 Å². The van der Waals surface area contributed by atoms with E-state index in [4.69, 9.17) is 10.5 Å². The van der Waals surface area contributed by atoms with Gasteiger partial charge in [-0.15, -0.1) is 0 Å². The Morgan fingerprint density at radius 3 is 2.74 bits per heavy atom. The summed E-state index contributed by atoms with van der Waals surface area (Å²) in [5, 5.41) is 0. The molecule has 2 atom stereocenters.